The van der Waals surface area contributed by atoms with E-state index in [0.29, 0.717) is 12.2 Å². The lowest BCUT2D eigenvalue weighted by Gasteiger charge is -2.33. The van der Waals surface area contributed by atoms with Gasteiger partial charge in [-0.2, -0.15) is 0 Å². The molecule has 1 aliphatic rings. The first-order valence-corrected chi connectivity index (χ1v) is 7.34. The summed E-state index contributed by atoms with van der Waals surface area (Å²) in [5.41, 5.74) is 6.19. The smallest absolute Gasteiger partial charge is 0.337 e. The number of benzene rings is 1. The van der Waals surface area contributed by atoms with E-state index in [1.807, 2.05) is 30.3 Å². The lowest BCUT2D eigenvalue weighted by atomic mass is 10.00. The standard InChI is InChI=1S/C17H24N2O2/c1-6-21-16(20)14-11-19(17(3,4)5)18-15(14)13-9-7-12(2)8-10-13/h7-11,15,18H,6H2,1-5H3. The molecule has 0 radical (unpaired) electrons. The molecule has 1 unspecified atom stereocenters. The van der Waals surface area contributed by atoms with E-state index in [9.17, 15) is 4.79 Å². The lowest BCUT2D eigenvalue weighted by molar-refractivity contribution is -0.138. The average Bonchev–Trinajstić information content (AvgIpc) is 2.85. The van der Waals surface area contributed by atoms with E-state index in [0.717, 1.165) is 5.56 Å². The normalized spacial score (nSPS) is 18.6. The second-order valence-corrected chi connectivity index (χ2v) is 6.32. The zero-order valence-electron chi connectivity index (χ0n) is 13.4. The van der Waals surface area contributed by atoms with Gasteiger partial charge in [0.05, 0.1) is 18.2 Å². The summed E-state index contributed by atoms with van der Waals surface area (Å²) in [6.45, 7) is 10.5. The summed E-state index contributed by atoms with van der Waals surface area (Å²) in [7, 11) is 0. The highest BCUT2D eigenvalue weighted by Crippen LogP contribution is 2.31. The van der Waals surface area contributed by atoms with Crippen molar-refractivity contribution in [1.82, 2.24) is 10.4 Å². The molecule has 4 nitrogen and oxygen atoms in total. The number of esters is 1. The molecule has 0 saturated carbocycles. The highest BCUT2D eigenvalue weighted by atomic mass is 16.5. The summed E-state index contributed by atoms with van der Waals surface area (Å²) in [6, 6.07) is 8.04. The summed E-state index contributed by atoms with van der Waals surface area (Å²) in [6.07, 6.45) is 1.86. The van der Waals surface area contributed by atoms with Crippen molar-refractivity contribution in [1.29, 1.82) is 0 Å². The maximum absolute atomic E-state index is 12.2. The Morgan fingerprint density at radius 1 is 1.29 bits per heavy atom. The van der Waals surface area contributed by atoms with E-state index in [1.165, 1.54) is 5.56 Å². The first kappa shape index (κ1) is 15.6. The third-order valence-electron chi connectivity index (χ3n) is 3.49. The second kappa shape index (κ2) is 5.90. The number of nitrogens with zero attached hydrogens (tertiary/aromatic N) is 1. The number of rotatable bonds is 3. The Kier molecular flexibility index (Phi) is 4.37. The Labute approximate surface area is 126 Å². The molecule has 0 aliphatic carbocycles. The van der Waals surface area contributed by atoms with Gasteiger partial charge in [0.15, 0.2) is 0 Å². The van der Waals surface area contributed by atoms with Crippen molar-refractivity contribution < 1.29 is 9.53 Å². The molecule has 1 aromatic rings. The first-order valence-electron chi connectivity index (χ1n) is 7.34. The van der Waals surface area contributed by atoms with E-state index in [1.54, 1.807) is 0 Å². The van der Waals surface area contributed by atoms with Gasteiger partial charge >= 0.3 is 5.97 Å². The summed E-state index contributed by atoms with van der Waals surface area (Å²) in [5.74, 6) is -0.262. The van der Waals surface area contributed by atoms with Gasteiger partial charge < -0.3 is 9.75 Å². The van der Waals surface area contributed by atoms with Crippen LogP contribution in [-0.4, -0.2) is 23.1 Å². The average molecular weight is 288 g/mol. The third-order valence-corrected chi connectivity index (χ3v) is 3.49. The summed E-state index contributed by atoms with van der Waals surface area (Å²) in [5, 5.41) is 1.98. The number of hydrazine groups is 1. The molecule has 1 atom stereocenters. The second-order valence-electron chi connectivity index (χ2n) is 6.32. The summed E-state index contributed by atoms with van der Waals surface area (Å²) >= 11 is 0. The van der Waals surface area contributed by atoms with E-state index in [4.69, 9.17) is 4.74 Å². The molecule has 1 heterocycles. The highest BCUT2D eigenvalue weighted by Gasteiger charge is 2.35. The number of hydrogen-bond acceptors (Lipinski definition) is 4. The number of hydrogen-bond donors (Lipinski definition) is 1. The van der Waals surface area contributed by atoms with Crippen molar-refractivity contribution in [2.45, 2.75) is 46.2 Å². The molecule has 1 aliphatic heterocycles. The van der Waals surface area contributed by atoms with Crippen molar-refractivity contribution in [3.05, 3.63) is 47.2 Å². The van der Waals surface area contributed by atoms with Crippen LogP contribution in [0.1, 0.15) is 44.9 Å². The van der Waals surface area contributed by atoms with Crippen LogP contribution in [0.2, 0.25) is 0 Å². The number of aryl methyl sites for hydroxylation is 1. The van der Waals surface area contributed by atoms with Gasteiger partial charge in [-0.25, -0.2) is 10.2 Å². The molecule has 0 fully saturated rings. The molecular weight excluding hydrogens is 264 g/mol. The Bertz CT molecular complexity index is 541. The Hall–Kier alpha value is -1.81. The molecule has 21 heavy (non-hydrogen) atoms. The minimum absolute atomic E-state index is 0.114. The Morgan fingerprint density at radius 3 is 2.43 bits per heavy atom. The monoisotopic (exact) mass is 288 g/mol. The van der Waals surface area contributed by atoms with Crippen LogP contribution in [-0.2, 0) is 9.53 Å². The first-order chi connectivity index (χ1) is 9.82. The van der Waals surface area contributed by atoms with Crippen LogP contribution in [0.3, 0.4) is 0 Å². The number of carbonyl (C=O) groups excluding carboxylic acids is 1. The number of nitrogens with one attached hydrogen (secondary N) is 1. The van der Waals surface area contributed by atoms with Crippen LogP contribution in [0.4, 0.5) is 0 Å². The van der Waals surface area contributed by atoms with Crippen LogP contribution >= 0.6 is 0 Å². The fourth-order valence-corrected chi connectivity index (χ4v) is 2.24. The SMILES string of the molecule is CCOC(=O)C1=CN(C(C)(C)C)NC1c1ccc(C)cc1. The molecule has 1 aromatic carbocycles. The zero-order chi connectivity index (χ0) is 15.6. The molecule has 4 heteroatoms. The van der Waals surface area contributed by atoms with Crippen LogP contribution in [0.5, 0.6) is 0 Å². The van der Waals surface area contributed by atoms with Gasteiger partial charge in [-0.05, 0) is 40.2 Å². The van der Waals surface area contributed by atoms with Crippen molar-refractivity contribution >= 4 is 5.97 Å². The van der Waals surface area contributed by atoms with Gasteiger partial charge in [0.25, 0.3) is 0 Å². The summed E-state index contributed by atoms with van der Waals surface area (Å²) in [4.78, 5) is 12.2. The topological polar surface area (TPSA) is 41.6 Å². The van der Waals surface area contributed by atoms with Crippen molar-refractivity contribution in [3.8, 4) is 0 Å². The quantitative estimate of drug-likeness (QED) is 0.868. The van der Waals surface area contributed by atoms with E-state index in [2.05, 4.69) is 45.3 Å². The van der Waals surface area contributed by atoms with Gasteiger partial charge in [0.2, 0.25) is 0 Å². The van der Waals surface area contributed by atoms with Gasteiger partial charge in [-0.1, -0.05) is 29.8 Å². The largest absolute Gasteiger partial charge is 0.463 e. The minimum atomic E-state index is -0.262. The fourth-order valence-electron chi connectivity index (χ4n) is 2.24. The predicted octanol–water partition coefficient (Wildman–Crippen LogP) is 3.10. The van der Waals surface area contributed by atoms with Crippen molar-refractivity contribution in [2.24, 2.45) is 0 Å². The van der Waals surface area contributed by atoms with Gasteiger partial charge in [-0.3, -0.25) is 0 Å². The predicted molar refractivity (Wildman–Crippen MR) is 83.4 cm³/mol. The number of carbonyl (C=O) groups is 1. The van der Waals surface area contributed by atoms with Crippen molar-refractivity contribution in [3.63, 3.8) is 0 Å². The van der Waals surface area contributed by atoms with Gasteiger partial charge in [-0.15, -0.1) is 0 Å². The van der Waals surface area contributed by atoms with E-state index in [-0.39, 0.29) is 17.6 Å². The van der Waals surface area contributed by atoms with E-state index >= 15 is 0 Å². The van der Waals surface area contributed by atoms with Crippen LogP contribution in [0, 0.1) is 6.92 Å². The number of ether oxygens (including phenoxy) is 1. The molecule has 0 saturated heterocycles. The van der Waals surface area contributed by atoms with Gasteiger partial charge in [0.1, 0.15) is 0 Å². The molecule has 0 aromatic heterocycles. The Balaban J connectivity index is 2.33. The zero-order valence-corrected chi connectivity index (χ0v) is 13.4. The fraction of sp³-hybridized carbons (Fsp3) is 0.471. The molecule has 0 bridgehead atoms. The minimum Gasteiger partial charge on any atom is -0.463 e. The van der Waals surface area contributed by atoms with E-state index < -0.39 is 0 Å². The maximum atomic E-state index is 12.2. The maximum Gasteiger partial charge on any atom is 0.337 e. The van der Waals surface area contributed by atoms with Crippen LogP contribution in [0.15, 0.2) is 36.0 Å². The molecular formula is C17H24N2O2. The molecule has 0 amide bonds. The van der Waals surface area contributed by atoms with Crippen molar-refractivity contribution in [2.75, 3.05) is 6.61 Å². The molecule has 1 N–H and O–H groups in total. The lowest BCUT2D eigenvalue weighted by Crippen LogP contribution is -2.44. The van der Waals surface area contributed by atoms with Crippen LogP contribution < -0.4 is 5.43 Å². The third kappa shape index (κ3) is 3.45. The molecule has 2 rings (SSSR count). The Morgan fingerprint density at radius 2 is 1.90 bits per heavy atom. The summed E-state index contributed by atoms with van der Waals surface area (Å²) < 4.78 is 5.19. The molecule has 114 valence electrons. The van der Waals surface area contributed by atoms with Gasteiger partial charge in [0, 0.05) is 11.7 Å². The molecule has 0 spiro atoms. The van der Waals surface area contributed by atoms with Crippen LogP contribution in [0.25, 0.3) is 0 Å². The highest BCUT2D eigenvalue weighted by molar-refractivity contribution is 5.90.